The number of aryl methyl sites for hydroxylation is 1. The van der Waals surface area contributed by atoms with Gasteiger partial charge < -0.3 is 10.2 Å². The summed E-state index contributed by atoms with van der Waals surface area (Å²) in [4.78, 5) is 0. The highest BCUT2D eigenvalue weighted by Gasteiger charge is 2.15. The molecule has 0 saturated carbocycles. The lowest BCUT2D eigenvalue weighted by atomic mass is 10.1. The molecule has 62 valence electrons. The number of nitrogens with two attached hydrogens (primary N) is 1. The first kappa shape index (κ1) is 8.20. The summed E-state index contributed by atoms with van der Waals surface area (Å²) >= 11 is 0. The van der Waals surface area contributed by atoms with Gasteiger partial charge in [0.25, 0.3) is 0 Å². The van der Waals surface area contributed by atoms with Gasteiger partial charge in [0, 0.05) is 6.92 Å². The van der Waals surface area contributed by atoms with E-state index in [1.807, 2.05) is 13.8 Å². The summed E-state index contributed by atoms with van der Waals surface area (Å²) in [6, 6.07) is -0.142. The Morgan fingerprint density at radius 3 is 2.36 bits per heavy atom. The van der Waals surface area contributed by atoms with Gasteiger partial charge in [0.05, 0.1) is 6.04 Å². The topological polar surface area (TPSA) is 64.9 Å². The molecule has 0 bridgehead atoms. The average Bonchev–Trinajstić information content (AvgIpc) is 2.34. The largest absolute Gasteiger partial charge is 0.424 e. The molecule has 1 atom stereocenters. The molecule has 0 radical (unpaired) electrons. The highest BCUT2D eigenvalue weighted by Crippen LogP contribution is 2.16. The first-order chi connectivity index (χ1) is 5.11. The molecule has 0 amide bonds. The molecular weight excluding hydrogens is 142 g/mol. The van der Waals surface area contributed by atoms with E-state index in [0.717, 1.165) is 0 Å². The molecule has 11 heavy (non-hydrogen) atoms. The highest BCUT2D eigenvalue weighted by atomic mass is 16.4. The predicted octanol–water partition coefficient (Wildman–Crippen LogP) is 1.03. The number of aromatic nitrogens is 2. The van der Waals surface area contributed by atoms with Gasteiger partial charge in [-0.25, -0.2) is 0 Å². The quantitative estimate of drug-likeness (QED) is 0.692. The second-order valence-corrected chi connectivity index (χ2v) is 2.93. The molecule has 0 aliphatic heterocycles. The summed E-state index contributed by atoms with van der Waals surface area (Å²) in [5, 5.41) is 7.52. The fraction of sp³-hybridized carbons (Fsp3) is 0.714. The van der Waals surface area contributed by atoms with Crippen LogP contribution in [0.1, 0.15) is 31.7 Å². The molecule has 1 heterocycles. The molecule has 0 fully saturated rings. The number of hydrogen-bond donors (Lipinski definition) is 1. The van der Waals surface area contributed by atoms with Crippen molar-refractivity contribution in [2.75, 3.05) is 0 Å². The number of hydrogen-bond acceptors (Lipinski definition) is 4. The molecule has 0 aromatic carbocycles. The zero-order valence-electron chi connectivity index (χ0n) is 7.03. The van der Waals surface area contributed by atoms with Crippen LogP contribution in [0.5, 0.6) is 0 Å². The molecule has 4 heteroatoms. The second-order valence-electron chi connectivity index (χ2n) is 2.93. The van der Waals surface area contributed by atoms with Crippen LogP contribution in [-0.2, 0) is 0 Å². The van der Waals surface area contributed by atoms with Crippen LogP contribution < -0.4 is 5.73 Å². The van der Waals surface area contributed by atoms with Gasteiger partial charge in [-0.15, -0.1) is 10.2 Å². The van der Waals surface area contributed by atoms with Crippen LogP contribution >= 0.6 is 0 Å². The number of nitrogens with zero attached hydrogens (tertiary/aromatic N) is 2. The standard InChI is InChI=1S/C7H13N3O/c1-4(2)6(8)7-10-9-5(3)11-7/h4,6H,8H2,1-3H3/t6-/m0/s1. The van der Waals surface area contributed by atoms with E-state index in [1.165, 1.54) is 0 Å². The third-order valence-electron chi connectivity index (χ3n) is 1.55. The molecule has 0 spiro atoms. The molecule has 2 N–H and O–H groups in total. The van der Waals surface area contributed by atoms with Crippen LogP contribution in [0.2, 0.25) is 0 Å². The van der Waals surface area contributed by atoms with Gasteiger partial charge >= 0.3 is 0 Å². The van der Waals surface area contributed by atoms with Crippen molar-refractivity contribution in [3.8, 4) is 0 Å². The number of rotatable bonds is 2. The molecule has 1 rings (SSSR count). The molecule has 1 aromatic rings. The molecule has 0 aliphatic carbocycles. The molecule has 4 nitrogen and oxygen atoms in total. The van der Waals surface area contributed by atoms with Crippen LogP contribution in [0, 0.1) is 12.8 Å². The Balaban J connectivity index is 2.76. The van der Waals surface area contributed by atoms with Gasteiger partial charge in [-0.1, -0.05) is 13.8 Å². The third-order valence-corrected chi connectivity index (χ3v) is 1.55. The van der Waals surface area contributed by atoms with E-state index < -0.39 is 0 Å². The molecule has 0 saturated heterocycles. The Labute approximate surface area is 65.8 Å². The maximum absolute atomic E-state index is 5.75. The summed E-state index contributed by atoms with van der Waals surface area (Å²) in [6.45, 7) is 5.79. The van der Waals surface area contributed by atoms with E-state index in [0.29, 0.717) is 17.7 Å². The lowest BCUT2D eigenvalue weighted by Gasteiger charge is -2.09. The minimum Gasteiger partial charge on any atom is -0.424 e. The van der Waals surface area contributed by atoms with E-state index in [1.54, 1.807) is 6.92 Å². The van der Waals surface area contributed by atoms with Crippen LogP contribution in [0.4, 0.5) is 0 Å². The van der Waals surface area contributed by atoms with Gasteiger partial charge in [0.2, 0.25) is 11.8 Å². The van der Waals surface area contributed by atoms with Crippen LogP contribution in [0.3, 0.4) is 0 Å². The van der Waals surface area contributed by atoms with E-state index in [9.17, 15) is 0 Å². The fourth-order valence-electron chi connectivity index (χ4n) is 0.732. The Morgan fingerprint density at radius 2 is 2.00 bits per heavy atom. The first-order valence-electron chi connectivity index (χ1n) is 3.67. The normalized spacial score (nSPS) is 13.9. The predicted molar refractivity (Wildman–Crippen MR) is 40.8 cm³/mol. The van der Waals surface area contributed by atoms with Crippen molar-refractivity contribution in [3.05, 3.63) is 11.8 Å². The minimum atomic E-state index is -0.142. The Bertz CT molecular complexity index is 231. The summed E-state index contributed by atoms with van der Waals surface area (Å²) in [5.74, 6) is 1.42. The zero-order valence-corrected chi connectivity index (χ0v) is 7.03. The summed E-state index contributed by atoms with van der Waals surface area (Å²) in [7, 11) is 0. The van der Waals surface area contributed by atoms with Gasteiger partial charge in [0.15, 0.2) is 0 Å². The maximum atomic E-state index is 5.75. The van der Waals surface area contributed by atoms with Crippen molar-refractivity contribution in [3.63, 3.8) is 0 Å². The van der Waals surface area contributed by atoms with Crippen LogP contribution in [0.25, 0.3) is 0 Å². The van der Waals surface area contributed by atoms with E-state index in [-0.39, 0.29) is 6.04 Å². The zero-order chi connectivity index (χ0) is 8.43. The fourth-order valence-corrected chi connectivity index (χ4v) is 0.732. The van der Waals surface area contributed by atoms with Crippen molar-refractivity contribution >= 4 is 0 Å². The maximum Gasteiger partial charge on any atom is 0.233 e. The van der Waals surface area contributed by atoms with Crippen LogP contribution in [-0.4, -0.2) is 10.2 Å². The van der Waals surface area contributed by atoms with Crippen molar-refractivity contribution in [2.24, 2.45) is 11.7 Å². The van der Waals surface area contributed by atoms with E-state index >= 15 is 0 Å². The Morgan fingerprint density at radius 1 is 1.36 bits per heavy atom. The third kappa shape index (κ3) is 1.77. The summed E-state index contributed by atoms with van der Waals surface area (Å²) in [6.07, 6.45) is 0. The van der Waals surface area contributed by atoms with Gasteiger partial charge in [-0.2, -0.15) is 0 Å². The monoisotopic (exact) mass is 155 g/mol. The van der Waals surface area contributed by atoms with Gasteiger partial charge in [-0.3, -0.25) is 0 Å². The lowest BCUT2D eigenvalue weighted by molar-refractivity contribution is 0.378. The molecule has 0 aliphatic rings. The van der Waals surface area contributed by atoms with Gasteiger partial charge in [-0.05, 0) is 5.92 Å². The first-order valence-corrected chi connectivity index (χ1v) is 3.67. The molecular formula is C7H13N3O. The van der Waals surface area contributed by atoms with E-state index in [4.69, 9.17) is 10.2 Å². The van der Waals surface area contributed by atoms with Gasteiger partial charge in [0.1, 0.15) is 0 Å². The Kier molecular flexibility index (Phi) is 2.24. The second kappa shape index (κ2) is 3.00. The van der Waals surface area contributed by atoms with Crippen LogP contribution in [0.15, 0.2) is 4.42 Å². The molecule has 1 aromatic heterocycles. The van der Waals surface area contributed by atoms with Crippen molar-refractivity contribution < 1.29 is 4.42 Å². The lowest BCUT2D eigenvalue weighted by Crippen LogP contribution is -2.16. The van der Waals surface area contributed by atoms with E-state index in [2.05, 4.69) is 10.2 Å². The van der Waals surface area contributed by atoms with Crippen molar-refractivity contribution in [2.45, 2.75) is 26.8 Å². The minimum absolute atomic E-state index is 0.142. The Hall–Kier alpha value is -0.900. The summed E-state index contributed by atoms with van der Waals surface area (Å²) < 4.78 is 5.16. The van der Waals surface area contributed by atoms with Crippen molar-refractivity contribution in [1.82, 2.24) is 10.2 Å². The smallest absolute Gasteiger partial charge is 0.233 e. The molecule has 0 unspecified atom stereocenters. The SMILES string of the molecule is Cc1nnc([C@@H](N)C(C)C)o1. The highest BCUT2D eigenvalue weighted by molar-refractivity contribution is 4.88. The average molecular weight is 155 g/mol. The van der Waals surface area contributed by atoms with Crippen molar-refractivity contribution in [1.29, 1.82) is 0 Å². The summed E-state index contributed by atoms with van der Waals surface area (Å²) in [5.41, 5.74) is 5.75.